The Balaban J connectivity index is 1.51. The van der Waals surface area contributed by atoms with Gasteiger partial charge in [-0.3, -0.25) is 9.69 Å². The van der Waals surface area contributed by atoms with Crippen LogP contribution in [0.4, 0.5) is 5.69 Å². The highest BCUT2D eigenvalue weighted by Gasteiger charge is 2.33. The highest BCUT2D eigenvalue weighted by molar-refractivity contribution is 9.10. The fourth-order valence-corrected chi connectivity index (χ4v) is 5.38. The van der Waals surface area contributed by atoms with Crippen molar-refractivity contribution < 1.29 is 9.53 Å². The number of hydrogen-bond donors (Lipinski definition) is 0. The molecule has 0 bridgehead atoms. The molecule has 0 atom stereocenters. The van der Waals surface area contributed by atoms with Crippen LogP contribution in [0.5, 0.6) is 5.75 Å². The van der Waals surface area contributed by atoms with Crippen molar-refractivity contribution in [2.24, 2.45) is 0 Å². The van der Waals surface area contributed by atoms with Gasteiger partial charge in [-0.15, -0.1) is 0 Å². The number of benzene rings is 3. The number of halogens is 4. The van der Waals surface area contributed by atoms with Gasteiger partial charge < -0.3 is 4.74 Å². The molecule has 0 saturated carbocycles. The molecule has 3 aromatic rings. The standard InChI is InChI=1S/C23H13Br2Cl2NO2S2/c24-16-7-6-15(11-19(16)27)28-22(29)21(32-23(28)31)10-13-5-8-20(17(25)9-13)30-12-14-3-1-2-4-18(14)26/h1-11H,12H2/b21-10+. The molecular formula is C23H13Br2Cl2NO2S2. The number of rotatable bonds is 5. The average molecular weight is 630 g/mol. The molecule has 32 heavy (non-hydrogen) atoms. The van der Waals surface area contributed by atoms with E-state index in [-0.39, 0.29) is 5.91 Å². The molecule has 3 aromatic carbocycles. The first kappa shape index (κ1) is 23.8. The second kappa shape index (κ2) is 10.3. The Morgan fingerprint density at radius 2 is 1.78 bits per heavy atom. The molecule has 1 amide bonds. The van der Waals surface area contributed by atoms with E-state index in [1.54, 1.807) is 18.2 Å². The molecule has 1 aliphatic heterocycles. The first-order valence-electron chi connectivity index (χ1n) is 9.22. The van der Waals surface area contributed by atoms with Crippen LogP contribution in [0.1, 0.15) is 11.1 Å². The summed E-state index contributed by atoms with van der Waals surface area (Å²) in [6.45, 7) is 0.353. The second-order valence-corrected chi connectivity index (χ2v) is 10.9. The lowest BCUT2D eigenvalue weighted by atomic mass is 10.2. The zero-order valence-electron chi connectivity index (χ0n) is 16.2. The van der Waals surface area contributed by atoms with Crippen LogP contribution in [-0.4, -0.2) is 10.2 Å². The lowest BCUT2D eigenvalue weighted by Gasteiger charge is -2.15. The van der Waals surface area contributed by atoms with Gasteiger partial charge in [0.15, 0.2) is 4.32 Å². The van der Waals surface area contributed by atoms with Crippen molar-refractivity contribution in [2.75, 3.05) is 4.90 Å². The van der Waals surface area contributed by atoms with Gasteiger partial charge in [0.1, 0.15) is 12.4 Å². The van der Waals surface area contributed by atoms with Crippen molar-refractivity contribution in [1.82, 2.24) is 0 Å². The summed E-state index contributed by atoms with van der Waals surface area (Å²) in [5.74, 6) is 0.493. The molecule has 0 aliphatic carbocycles. The van der Waals surface area contributed by atoms with Crippen LogP contribution in [0.15, 0.2) is 74.5 Å². The van der Waals surface area contributed by atoms with Crippen molar-refractivity contribution in [2.45, 2.75) is 6.61 Å². The third-order valence-corrected chi connectivity index (χ3v) is 8.07. The SMILES string of the molecule is O=C1/C(=C\c2ccc(OCc3ccccc3Cl)c(Br)c2)SC(=S)N1c1ccc(Br)c(Cl)c1. The maximum Gasteiger partial charge on any atom is 0.270 e. The third kappa shape index (κ3) is 5.24. The highest BCUT2D eigenvalue weighted by atomic mass is 79.9. The molecule has 0 unspecified atom stereocenters. The topological polar surface area (TPSA) is 29.5 Å². The van der Waals surface area contributed by atoms with Gasteiger partial charge in [-0.2, -0.15) is 0 Å². The van der Waals surface area contributed by atoms with Crippen LogP contribution in [0.25, 0.3) is 6.08 Å². The van der Waals surface area contributed by atoms with E-state index in [0.29, 0.717) is 37.3 Å². The maximum atomic E-state index is 13.0. The first-order valence-corrected chi connectivity index (χ1v) is 12.8. The molecule has 162 valence electrons. The maximum absolute atomic E-state index is 13.0. The van der Waals surface area contributed by atoms with Gasteiger partial charge in [0, 0.05) is 15.1 Å². The van der Waals surface area contributed by atoms with E-state index in [0.717, 1.165) is 20.1 Å². The molecule has 1 aliphatic rings. The molecule has 3 nitrogen and oxygen atoms in total. The number of ether oxygens (including phenoxy) is 1. The van der Waals surface area contributed by atoms with Crippen molar-refractivity contribution in [3.8, 4) is 5.75 Å². The summed E-state index contributed by atoms with van der Waals surface area (Å²) in [5.41, 5.74) is 2.38. The normalized spacial score (nSPS) is 15.0. The quantitative estimate of drug-likeness (QED) is 0.209. The Kier molecular flexibility index (Phi) is 7.65. The molecule has 0 aromatic heterocycles. The van der Waals surface area contributed by atoms with E-state index in [1.165, 1.54) is 16.7 Å². The van der Waals surface area contributed by atoms with Gasteiger partial charge in [0.05, 0.1) is 20.1 Å². The molecule has 1 heterocycles. The Morgan fingerprint density at radius 3 is 2.50 bits per heavy atom. The van der Waals surface area contributed by atoms with Crippen molar-refractivity contribution in [3.05, 3.63) is 95.7 Å². The minimum atomic E-state index is -0.187. The number of thiocarbonyl (C=S) groups is 1. The number of hydrogen-bond acceptors (Lipinski definition) is 4. The average Bonchev–Trinajstić information content (AvgIpc) is 3.03. The van der Waals surface area contributed by atoms with Crippen LogP contribution in [0.3, 0.4) is 0 Å². The summed E-state index contributed by atoms with van der Waals surface area (Å²) in [7, 11) is 0. The Labute approximate surface area is 222 Å². The van der Waals surface area contributed by atoms with Crippen LogP contribution < -0.4 is 9.64 Å². The smallest absolute Gasteiger partial charge is 0.270 e. The summed E-state index contributed by atoms with van der Waals surface area (Å²) in [5, 5.41) is 1.17. The summed E-state index contributed by atoms with van der Waals surface area (Å²) in [6.07, 6.45) is 1.81. The first-order chi connectivity index (χ1) is 15.3. The van der Waals surface area contributed by atoms with Gasteiger partial charge in [0.2, 0.25) is 0 Å². The lowest BCUT2D eigenvalue weighted by molar-refractivity contribution is -0.113. The highest BCUT2D eigenvalue weighted by Crippen LogP contribution is 2.38. The number of nitrogens with zero attached hydrogens (tertiary/aromatic N) is 1. The number of carbonyl (C=O) groups is 1. The van der Waals surface area contributed by atoms with E-state index in [2.05, 4.69) is 31.9 Å². The predicted molar refractivity (Wildman–Crippen MR) is 145 cm³/mol. The van der Waals surface area contributed by atoms with E-state index in [4.69, 9.17) is 40.2 Å². The zero-order chi connectivity index (χ0) is 22.8. The van der Waals surface area contributed by atoms with E-state index >= 15 is 0 Å². The van der Waals surface area contributed by atoms with E-state index in [1.807, 2.05) is 48.5 Å². The monoisotopic (exact) mass is 627 g/mol. The lowest BCUT2D eigenvalue weighted by Crippen LogP contribution is -2.27. The van der Waals surface area contributed by atoms with Gasteiger partial charge in [-0.1, -0.05) is 71.4 Å². The Bertz CT molecular complexity index is 1270. The van der Waals surface area contributed by atoms with Crippen molar-refractivity contribution >= 4 is 101 Å². The number of amides is 1. The van der Waals surface area contributed by atoms with Crippen LogP contribution in [-0.2, 0) is 11.4 Å². The molecule has 0 spiro atoms. The van der Waals surface area contributed by atoms with Gasteiger partial charge in [0.25, 0.3) is 5.91 Å². The minimum Gasteiger partial charge on any atom is -0.488 e. The van der Waals surface area contributed by atoms with Crippen LogP contribution >= 0.6 is 79.0 Å². The van der Waals surface area contributed by atoms with E-state index < -0.39 is 0 Å². The summed E-state index contributed by atoms with van der Waals surface area (Å²) in [4.78, 5) is 15.0. The fourth-order valence-electron chi connectivity index (χ4n) is 2.96. The predicted octanol–water partition coefficient (Wildman–Crippen LogP) is 8.50. The van der Waals surface area contributed by atoms with Gasteiger partial charge in [-0.05, 0) is 79.9 Å². The molecule has 0 radical (unpaired) electrons. The summed E-state index contributed by atoms with van der Waals surface area (Å²) in [6, 6.07) is 18.5. The van der Waals surface area contributed by atoms with E-state index in [9.17, 15) is 4.79 Å². The Morgan fingerprint density at radius 1 is 1.00 bits per heavy atom. The van der Waals surface area contributed by atoms with Gasteiger partial charge in [-0.25, -0.2) is 0 Å². The molecule has 9 heteroatoms. The molecule has 4 rings (SSSR count). The molecular weight excluding hydrogens is 617 g/mol. The molecule has 0 N–H and O–H groups in total. The number of anilines is 1. The zero-order valence-corrected chi connectivity index (χ0v) is 22.5. The van der Waals surface area contributed by atoms with Gasteiger partial charge >= 0.3 is 0 Å². The van der Waals surface area contributed by atoms with Crippen LogP contribution in [0.2, 0.25) is 10.0 Å². The van der Waals surface area contributed by atoms with Crippen LogP contribution in [0, 0.1) is 0 Å². The molecule has 1 fully saturated rings. The van der Waals surface area contributed by atoms with Crippen molar-refractivity contribution in [1.29, 1.82) is 0 Å². The largest absolute Gasteiger partial charge is 0.488 e. The number of thioether (sulfide) groups is 1. The summed E-state index contributed by atoms with van der Waals surface area (Å²) < 4.78 is 7.88. The Hall–Kier alpha value is -1.35. The fraction of sp³-hybridized carbons (Fsp3) is 0.0435. The third-order valence-electron chi connectivity index (χ3n) is 4.55. The van der Waals surface area contributed by atoms with Crippen molar-refractivity contribution in [3.63, 3.8) is 0 Å². The minimum absolute atomic E-state index is 0.187. The molecule has 1 saturated heterocycles. The number of carbonyl (C=O) groups excluding carboxylic acids is 1. The second-order valence-electron chi connectivity index (χ2n) is 6.69. The summed E-state index contributed by atoms with van der Waals surface area (Å²) >= 11 is 26.0.